The van der Waals surface area contributed by atoms with Crippen LogP contribution in [0.4, 0.5) is 0 Å². The van der Waals surface area contributed by atoms with Crippen molar-refractivity contribution < 1.29 is 14.4 Å². The van der Waals surface area contributed by atoms with Crippen LogP contribution in [0.3, 0.4) is 0 Å². The number of carboxylic acids is 1. The summed E-state index contributed by atoms with van der Waals surface area (Å²) in [7, 11) is 0. The van der Waals surface area contributed by atoms with Crippen LogP contribution >= 0.6 is 11.8 Å². The van der Waals surface area contributed by atoms with Crippen LogP contribution in [0.2, 0.25) is 0 Å². The van der Waals surface area contributed by atoms with Crippen molar-refractivity contribution in [3.63, 3.8) is 0 Å². The first-order valence-corrected chi connectivity index (χ1v) is 7.62. The van der Waals surface area contributed by atoms with Crippen LogP contribution in [0.1, 0.15) is 12.8 Å². The molecule has 1 heterocycles. The minimum absolute atomic E-state index is 0.0242. The molecule has 0 radical (unpaired) electrons. The van der Waals surface area contributed by atoms with E-state index in [4.69, 9.17) is 9.63 Å². The molecule has 0 spiro atoms. The lowest BCUT2D eigenvalue weighted by molar-refractivity contribution is -0.135. The molecule has 0 saturated heterocycles. The van der Waals surface area contributed by atoms with E-state index < -0.39 is 5.97 Å². The Morgan fingerprint density at radius 3 is 2.90 bits per heavy atom. The standard InChI is InChI=1S/C14H17N3O3S/c1-10(7-15-8-13(18)19)21-9-12-16-14(17-20-12)11-5-3-2-4-6-11/h2-6,10,15H,7-9H2,1H3,(H,18,19)/t10-/m0/s1. The fourth-order valence-corrected chi connectivity index (χ4v) is 2.45. The van der Waals surface area contributed by atoms with Crippen molar-refractivity contribution in [3.05, 3.63) is 36.2 Å². The zero-order chi connectivity index (χ0) is 15.1. The van der Waals surface area contributed by atoms with Gasteiger partial charge in [0.2, 0.25) is 11.7 Å². The molecule has 1 atom stereocenters. The normalized spacial score (nSPS) is 12.2. The first-order chi connectivity index (χ1) is 10.1. The van der Waals surface area contributed by atoms with Gasteiger partial charge in [0.25, 0.3) is 0 Å². The van der Waals surface area contributed by atoms with E-state index in [0.29, 0.717) is 24.0 Å². The Balaban J connectivity index is 1.79. The number of carbonyl (C=O) groups is 1. The molecular weight excluding hydrogens is 290 g/mol. The summed E-state index contributed by atoms with van der Waals surface area (Å²) in [6.45, 7) is 2.62. The molecule has 0 aliphatic heterocycles. The number of aromatic nitrogens is 2. The molecule has 1 aromatic heterocycles. The summed E-state index contributed by atoms with van der Waals surface area (Å²) < 4.78 is 5.22. The number of hydrogen-bond donors (Lipinski definition) is 2. The molecule has 21 heavy (non-hydrogen) atoms. The molecule has 2 aromatic rings. The van der Waals surface area contributed by atoms with Gasteiger partial charge < -0.3 is 14.9 Å². The van der Waals surface area contributed by atoms with Crippen LogP contribution in [0.25, 0.3) is 11.4 Å². The lowest BCUT2D eigenvalue weighted by atomic mass is 10.2. The van der Waals surface area contributed by atoms with Crippen molar-refractivity contribution in [1.29, 1.82) is 0 Å². The van der Waals surface area contributed by atoms with E-state index in [1.165, 1.54) is 0 Å². The maximum Gasteiger partial charge on any atom is 0.317 e. The average Bonchev–Trinajstić information content (AvgIpc) is 2.94. The number of thioether (sulfide) groups is 1. The second-order valence-electron chi connectivity index (χ2n) is 4.52. The summed E-state index contributed by atoms with van der Waals surface area (Å²) in [6.07, 6.45) is 0. The summed E-state index contributed by atoms with van der Waals surface area (Å²) in [4.78, 5) is 14.7. The molecule has 2 N–H and O–H groups in total. The third-order valence-electron chi connectivity index (χ3n) is 2.70. The van der Waals surface area contributed by atoms with Crippen LogP contribution in [0.15, 0.2) is 34.9 Å². The Labute approximate surface area is 126 Å². The molecule has 0 aliphatic carbocycles. The second kappa shape index (κ2) is 7.80. The molecule has 6 nitrogen and oxygen atoms in total. The van der Waals surface area contributed by atoms with E-state index in [9.17, 15) is 4.79 Å². The van der Waals surface area contributed by atoms with Crippen LogP contribution in [0.5, 0.6) is 0 Å². The zero-order valence-corrected chi connectivity index (χ0v) is 12.5. The van der Waals surface area contributed by atoms with Gasteiger partial charge in [-0.05, 0) is 0 Å². The average molecular weight is 307 g/mol. The second-order valence-corrected chi connectivity index (χ2v) is 5.95. The van der Waals surface area contributed by atoms with Crippen molar-refractivity contribution >= 4 is 17.7 Å². The van der Waals surface area contributed by atoms with Gasteiger partial charge >= 0.3 is 5.97 Å². The Morgan fingerprint density at radius 2 is 2.19 bits per heavy atom. The van der Waals surface area contributed by atoms with Crippen LogP contribution in [0, 0.1) is 0 Å². The van der Waals surface area contributed by atoms with E-state index >= 15 is 0 Å². The van der Waals surface area contributed by atoms with Crippen LogP contribution in [-0.2, 0) is 10.5 Å². The third-order valence-corrected chi connectivity index (χ3v) is 3.85. The Bertz CT molecular complexity index is 574. The Kier molecular flexibility index (Phi) is 5.77. The van der Waals surface area contributed by atoms with E-state index in [2.05, 4.69) is 15.5 Å². The molecule has 0 aliphatic rings. The van der Waals surface area contributed by atoms with Crippen molar-refractivity contribution in [2.75, 3.05) is 13.1 Å². The van der Waals surface area contributed by atoms with E-state index in [-0.39, 0.29) is 11.8 Å². The molecule has 0 unspecified atom stereocenters. The quantitative estimate of drug-likeness (QED) is 0.771. The van der Waals surface area contributed by atoms with E-state index in [1.54, 1.807) is 11.8 Å². The number of nitrogens with zero attached hydrogens (tertiary/aromatic N) is 2. The number of rotatable bonds is 8. The topological polar surface area (TPSA) is 88.2 Å². The third kappa shape index (κ3) is 5.20. The fraction of sp³-hybridized carbons (Fsp3) is 0.357. The van der Waals surface area contributed by atoms with Crippen LogP contribution < -0.4 is 5.32 Å². The van der Waals surface area contributed by atoms with Gasteiger partial charge in [-0.3, -0.25) is 4.79 Å². The highest BCUT2D eigenvalue weighted by Gasteiger charge is 2.10. The maximum atomic E-state index is 10.4. The smallest absolute Gasteiger partial charge is 0.317 e. The molecule has 112 valence electrons. The lowest BCUT2D eigenvalue weighted by Gasteiger charge is -2.09. The van der Waals surface area contributed by atoms with Gasteiger partial charge in [-0.15, -0.1) is 11.8 Å². The number of carboxylic acid groups (broad SMARTS) is 1. The van der Waals surface area contributed by atoms with Gasteiger partial charge in [0.05, 0.1) is 12.3 Å². The number of aliphatic carboxylic acids is 1. The summed E-state index contributed by atoms with van der Waals surface area (Å²) in [5, 5.41) is 15.6. The minimum Gasteiger partial charge on any atom is -0.480 e. The molecule has 0 fully saturated rings. The molecular formula is C14H17N3O3S. The van der Waals surface area contributed by atoms with Crippen molar-refractivity contribution in [1.82, 2.24) is 15.5 Å². The Hall–Kier alpha value is -1.86. The van der Waals surface area contributed by atoms with Crippen molar-refractivity contribution in [2.24, 2.45) is 0 Å². The van der Waals surface area contributed by atoms with Gasteiger partial charge in [-0.2, -0.15) is 4.98 Å². The van der Waals surface area contributed by atoms with Gasteiger partial charge in [-0.25, -0.2) is 0 Å². The molecule has 0 amide bonds. The monoisotopic (exact) mass is 307 g/mol. The molecule has 2 rings (SSSR count). The van der Waals surface area contributed by atoms with Crippen molar-refractivity contribution in [2.45, 2.75) is 17.9 Å². The predicted molar refractivity (Wildman–Crippen MR) is 81.0 cm³/mol. The zero-order valence-electron chi connectivity index (χ0n) is 11.7. The number of nitrogens with one attached hydrogen (secondary N) is 1. The van der Waals surface area contributed by atoms with Crippen LogP contribution in [-0.4, -0.2) is 39.6 Å². The summed E-state index contributed by atoms with van der Waals surface area (Å²) >= 11 is 1.64. The molecule has 0 saturated carbocycles. The fourth-order valence-electron chi connectivity index (χ4n) is 1.67. The minimum atomic E-state index is -0.850. The summed E-state index contributed by atoms with van der Waals surface area (Å²) in [5.74, 6) is 0.916. The summed E-state index contributed by atoms with van der Waals surface area (Å²) in [6, 6.07) is 9.65. The highest BCUT2D eigenvalue weighted by Crippen LogP contribution is 2.19. The van der Waals surface area contributed by atoms with Gasteiger partial charge in [0.1, 0.15) is 0 Å². The van der Waals surface area contributed by atoms with E-state index in [1.807, 2.05) is 37.3 Å². The SMILES string of the molecule is C[C@@H](CNCC(=O)O)SCc1nc(-c2ccccc2)no1. The first kappa shape index (κ1) is 15.5. The Morgan fingerprint density at radius 1 is 1.43 bits per heavy atom. The molecule has 0 bridgehead atoms. The van der Waals surface area contributed by atoms with Gasteiger partial charge in [0.15, 0.2) is 0 Å². The highest BCUT2D eigenvalue weighted by atomic mass is 32.2. The lowest BCUT2D eigenvalue weighted by Crippen LogP contribution is -2.28. The predicted octanol–water partition coefficient (Wildman–Crippen LogP) is 2.03. The van der Waals surface area contributed by atoms with E-state index in [0.717, 1.165) is 5.56 Å². The number of benzene rings is 1. The number of hydrogen-bond acceptors (Lipinski definition) is 6. The van der Waals surface area contributed by atoms with Gasteiger partial charge in [0, 0.05) is 17.4 Å². The van der Waals surface area contributed by atoms with Crippen molar-refractivity contribution in [3.8, 4) is 11.4 Å². The molecule has 1 aromatic carbocycles. The highest BCUT2D eigenvalue weighted by molar-refractivity contribution is 7.99. The largest absolute Gasteiger partial charge is 0.480 e. The maximum absolute atomic E-state index is 10.4. The summed E-state index contributed by atoms with van der Waals surface area (Å²) in [5.41, 5.74) is 0.925. The first-order valence-electron chi connectivity index (χ1n) is 6.57. The van der Waals surface area contributed by atoms with Gasteiger partial charge in [-0.1, -0.05) is 42.4 Å². The molecule has 7 heteroatoms.